The van der Waals surface area contributed by atoms with Gasteiger partial charge in [-0.05, 0) is 37.1 Å². The predicted octanol–water partition coefficient (Wildman–Crippen LogP) is 3.67. The molecule has 0 saturated heterocycles. The Hall–Kier alpha value is -3.11. The van der Waals surface area contributed by atoms with E-state index < -0.39 is 0 Å². The maximum atomic E-state index is 13.2. The van der Waals surface area contributed by atoms with Gasteiger partial charge in [-0.1, -0.05) is 0 Å². The van der Waals surface area contributed by atoms with Crippen molar-refractivity contribution in [2.45, 2.75) is 26.5 Å². The Kier molecular flexibility index (Phi) is 7.37. The molecule has 172 valence electrons. The molecule has 2 aromatic heterocycles. The van der Waals surface area contributed by atoms with E-state index >= 15 is 0 Å². The van der Waals surface area contributed by atoms with E-state index in [1.165, 1.54) is 11.3 Å². The average Bonchev–Trinajstić information content (AvgIpc) is 3.13. The van der Waals surface area contributed by atoms with Gasteiger partial charge in [0.2, 0.25) is 11.6 Å². The third-order valence-corrected chi connectivity index (χ3v) is 6.20. The molecule has 0 aliphatic heterocycles. The SMILES string of the molecule is COCc1nc(OC)c2c(C)c(C(=O)NC(C)c3cc(OC)c(OC)c(OC)c3)sc2n1. The summed E-state index contributed by atoms with van der Waals surface area (Å²) in [6.45, 7) is 4.00. The normalized spacial score (nSPS) is 11.8. The Bertz CT molecular complexity index is 1110. The number of ether oxygens (including phenoxy) is 5. The van der Waals surface area contributed by atoms with Crippen LogP contribution in [-0.2, 0) is 11.3 Å². The topological polar surface area (TPSA) is 101 Å². The van der Waals surface area contributed by atoms with Crippen LogP contribution in [0.2, 0.25) is 0 Å². The van der Waals surface area contributed by atoms with Crippen LogP contribution in [0.3, 0.4) is 0 Å². The number of benzene rings is 1. The van der Waals surface area contributed by atoms with Crippen LogP contribution in [0.15, 0.2) is 12.1 Å². The fourth-order valence-electron chi connectivity index (χ4n) is 3.40. The highest BCUT2D eigenvalue weighted by molar-refractivity contribution is 7.20. The third kappa shape index (κ3) is 4.42. The molecule has 32 heavy (non-hydrogen) atoms. The average molecular weight is 462 g/mol. The fraction of sp³-hybridized carbons (Fsp3) is 0.409. The van der Waals surface area contributed by atoms with Crippen LogP contribution < -0.4 is 24.3 Å². The van der Waals surface area contributed by atoms with Crippen molar-refractivity contribution in [3.8, 4) is 23.1 Å². The van der Waals surface area contributed by atoms with Crippen LogP contribution in [0.25, 0.3) is 10.2 Å². The molecule has 0 aliphatic carbocycles. The van der Waals surface area contributed by atoms with E-state index in [2.05, 4.69) is 15.3 Å². The molecule has 1 N–H and O–H groups in total. The van der Waals surface area contributed by atoms with E-state index in [0.717, 1.165) is 16.5 Å². The first-order valence-electron chi connectivity index (χ1n) is 9.82. The van der Waals surface area contributed by atoms with Gasteiger partial charge in [0, 0.05) is 7.11 Å². The highest BCUT2D eigenvalue weighted by Gasteiger charge is 2.23. The Morgan fingerprint density at radius 1 is 1.03 bits per heavy atom. The number of carbonyl (C=O) groups is 1. The maximum Gasteiger partial charge on any atom is 0.262 e. The summed E-state index contributed by atoms with van der Waals surface area (Å²) < 4.78 is 26.8. The summed E-state index contributed by atoms with van der Waals surface area (Å²) in [5.74, 6) is 2.24. The Balaban J connectivity index is 1.94. The van der Waals surface area contributed by atoms with E-state index in [9.17, 15) is 4.79 Å². The fourth-order valence-corrected chi connectivity index (χ4v) is 4.49. The Labute approximate surface area is 190 Å². The summed E-state index contributed by atoms with van der Waals surface area (Å²) in [6, 6.07) is 3.31. The number of amides is 1. The Morgan fingerprint density at radius 2 is 1.69 bits per heavy atom. The van der Waals surface area contributed by atoms with Gasteiger partial charge in [-0.25, -0.2) is 4.98 Å². The first-order valence-corrected chi connectivity index (χ1v) is 10.6. The minimum atomic E-state index is -0.321. The molecule has 0 radical (unpaired) electrons. The van der Waals surface area contributed by atoms with E-state index in [1.54, 1.807) is 35.5 Å². The van der Waals surface area contributed by atoms with Crippen molar-refractivity contribution in [1.29, 1.82) is 0 Å². The number of carbonyl (C=O) groups excluding carboxylic acids is 1. The molecule has 0 saturated carbocycles. The molecule has 0 aliphatic rings. The molecule has 10 heteroatoms. The van der Waals surface area contributed by atoms with Crippen LogP contribution in [0.5, 0.6) is 23.1 Å². The molecule has 1 unspecified atom stereocenters. The number of nitrogens with zero attached hydrogens (tertiary/aromatic N) is 2. The number of nitrogens with one attached hydrogen (secondary N) is 1. The summed E-state index contributed by atoms with van der Waals surface area (Å²) >= 11 is 1.29. The van der Waals surface area contributed by atoms with Crippen LogP contribution in [-0.4, -0.2) is 51.4 Å². The lowest BCUT2D eigenvalue weighted by Gasteiger charge is -2.18. The second-order valence-corrected chi connectivity index (χ2v) is 7.97. The second kappa shape index (κ2) is 10.0. The quantitative estimate of drug-likeness (QED) is 0.515. The minimum Gasteiger partial charge on any atom is -0.493 e. The lowest BCUT2D eigenvalue weighted by Crippen LogP contribution is -2.26. The van der Waals surface area contributed by atoms with E-state index in [1.807, 2.05) is 26.0 Å². The minimum absolute atomic E-state index is 0.220. The van der Waals surface area contributed by atoms with Gasteiger partial charge in [0.25, 0.3) is 5.91 Å². The number of aromatic nitrogens is 2. The van der Waals surface area contributed by atoms with Gasteiger partial charge in [0.1, 0.15) is 11.4 Å². The highest BCUT2D eigenvalue weighted by atomic mass is 32.1. The number of fused-ring (bicyclic) bond motifs is 1. The lowest BCUT2D eigenvalue weighted by molar-refractivity contribution is 0.0943. The zero-order chi connectivity index (χ0) is 23.4. The summed E-state index contributed by atoms with van der Waals surface area (Å²) in [4.78, 5) is 23.3. The maximum absolute atomic E-state index is 13.2. The summed E-state index contributed by atoms with van der Waals surface area (Å²) in [5.41, 5.74) is 1.58. The molecular weight excluding hydrogens is 434 g/mol. The van der Waals surface area contributed by atoms with Crippen molar-refractivity contribution in [2.24, 2.45) is 0 Å². The third-order valence-electron chi connectivity index (χ3n) is 5.01. The zero-order valence-electron chi connectivity index (χ0n) is 19.2. The van der Waals surface area contributed by atoms with Crippen LogP contribution in [0, 0.1) is 6.92 Å². The second-order valence-electron chi connectivity index (χ2n) is 6.97. The van der Waals surface area contributed by atoms with E-state index in [0.29, 0.717) is 38.7 Å². The van der Waals surface area contributed by atoms with Crippen molar-refractivity contribution >= 4 is 27.5 Å². The molecule has 0 fully saturated rings. The van der Waals surface area contributed by atoms with Crippen molar-refractivity contribution in [3.05, 3.63) is 34.0 Å². The van der Waals surface area contributed by atoms with Crippen LogP contribution in [0.4, 0.5) is 0 Å². The number of methoxy groups -OCH3 is 5. The molecule has 3 rings (SSSR count). The van der Waals surface area contributed by atoms with Gasteiger partial charge < -0.3 is 29.0 Å². The van der Waals surface area contributed by atoms with Crippen LogP contribution >= 0.6 is 11.3 Å². The first kappa shape index (κ1) is 23.6. The van der Waals surface area contributed by atoms with Crippen molar-refractivity contribution in [1.82, 2.24) is 15.3 Å². The molecule has 1 atom stereocenters. The molecule has 9 nitrogen and oxygen atoms in total. The van der Waals surface area contributed by atoms with Crippen molar-refractivity contribution in [3.63, 3.8) is 0 Å². The van der Waals surface area contributed by atoms with Crippen molar-refractivity contribution in [2.75, 3.05) is 35.5 Å². The number of thiophene rings is 1. The van der Waals surface area contributed by atoms with Gasteiger partial charge in [0.15, 0.2) is 17.3 Å². The zero-order valence-corrected chi connectivity index (χ0v) is 20.0. The monoisotopic (exact) mass is 461 g/mol. The molecular formula is C22H27N3O6S. The van der Waals surface area contributed by atoms with Crippen LogP contribution in [0.1, 0.15) is 39.6 Å². The standard InChI is InChI=1S/C22H27N3O6S/c1-11-17-21(31-7)24-16(10-27-3)25-22(17)32-19(11)20(26)23-12(2)13-8-14(28-4)18(30-6)15(9-13)29-5/h8-9,12H,10H2,1-7H3,(H,23,26). The van der Waals surface area contributed by atoms with Crippen molar-refractivity contribution < 1.29 is 28.5 Å². The molecule has 1 amide bonds. The first-order chi connectivity index (χ1) is 15.4. The number of rotatable bonds is 9. The number of aryl methyl sites for hydroxylation is 1. The largest absolute Gasteiger partial charge is 0.493 e. The molecule has 0 bridgehead atoms. The van der Waals surface area contributed by atoms with Gasteiger partial charge >= 0.3 is 0 Å². The van der Waals surface area contributed by atoms with Gasteiger partial charge in [-0.3, -0.25) is 4.79 Å². The molecule has 3 aromatic rings. The molecule has 1 aromatic carbocycles. The van der Waals surface area contributed by atoms with Gasteiger partial charge in [-0.2, -0.15) is 4.98 Å². The number of hydrogen-bond acceptors (Lipinski definition) is 9. The summed E-state index contributed by atoms with van der Waals surface area (Å²) in [7, 11) is 7.77. The van der Waals surface area contributed by atoms with Gasteiger partial charge in [-0.15, -0.1) is 11.3 Å². The summed E-state index contributed by atoms with van der Waals surface area (Å²) in [5, 5.41) is 3.76. The predicted molar refractivity (Wildman–Crippen MR) is 121 cm³/mol. The van der Waals surface area contributed by atoms with Gasteiger partial charge in [0.05, 0.1) is 44.7 Å². The highest BCUT2D eigenvalue weighted by Crippen LogP contribution is 2.40. The Morgan fingerprint density at radius 3 is 2.22 bits per heavy atom. The summed E-state index contributed by atoms with van der Waals surface area (Å²) in [6.07, 6.45) is 0. The molecule has 0 spiro atoms. The molecule has 2 heterocycles. The van der Waals surface area contributed by atoms with E-state index in [4.69, 9.17) is 23.7 Å². The smallest absolute Gasteiger partial charge is 0.262 e. The lowest BCUT2D eigenvalue weighted by atomic mass is 10.1. The van der Waals surface area contributed by atoms with E-state index in [-0.39, 0.29) is 18.6 Å². The number of hydrogen-bond donors (Lipinski definition) is 1.